The van der Waals surface area contributed by atoms with Gasteiger partial charge in [0, 0.05) is 12.7 Å². The normalized spacial score (nSPS) is 10.3. The lowest BCUT2D eigenvalue weighted by atomic mass is 10.3. The first kappa shape index (κ1) is 16.2. The standard InChI is InChI=1S/C16H16N6O3/c1-21-16(24)22(20-19-21)12-9-7-11(8-10-12)17-15(23)18-13-5-3-4-6-14(13)25-2/h3-10H,1-2H3,(H2,17,18,23). The quantitative estimate of drug-likeness (QED) is 0.751. The number of anilines is 2. The van der Waals surface area contributed by atoms with Crippen molar-refractivity contribution in [1.82, 2.24) is 19.8 Å². The molecule has 1 heterocycles. The van der Waals surface area contributed by atoms with Crippen LogP contribution in [0.5, 0.6) is 5.75 Å². The summed E-state index contributed by atoms with van der Waals surface area (Å²) in [6.45, 7) is 0. The molecule has 3 aromatic rings. The predicted octanol–water partition coefficient (Wildman–Crippen LogP) is 1.62. The SMILES string of the molecule is COc1ccccc1NC(=O)Nc1ccc(-n2nnn(C)c2=O)cc1. The molecule has 0 aliphatic heterocycles. The molecule has 0 saturated heterocycles. The summed E-state index contributed by atoms with van der Waals surface area (Å²) >= 11 is 0. The van der Waals surface area contributed by atoms with Crippen molar-refractivity contribution in [3.05, 3.63) is 59.0 Å². The number of carbonyl (C=O) groups is 1. The molecule has 128 valence electrons. The fourth-order valence-electron chi connectivity index (χ4n) is 2.19. The molecule has 0 atom stereocenters. The highest BCUT2D eigenvalue weighted by molar-refractivity contribution is 6.00. The number of hydrogen-bond donors (Lipinski definition) is 2. The van der Waals surface area contributed by atoms with Gasteiger partial charge in [-0.25, -0.2) is 9.59 Å². The van der Waals surface area contributed by atoms with Gasteiger partial charge in [0.15, 0.2) is 0 Å². The van der Waals surface area contributed by atoms with Crippen LogP contribution in [0.2, 0.25) is 0 Å². The molecule has 25 heavy (non-hydrogen) atoms. The number of ether oxygens (including phenoxy) is 1. The predicted molar refractivity (Wildman–Crippen MR) is 92.2 cm³/mol. The zero-order valence-corrected chi connectivity index (χ0v) is 13.6. The average Bonchev–Trinajstić information content (AvgIpc) is 2.95. The minimum Gasteiger partial charge on any atom is -0.495 e. The molecular formula is C16H16N6O3. The number of methoxy groups -OCH3 is 1. The second kappa shape index (κ2) is 6.87. The van der Waals surface area contributed by atoms with Gasteiger partial charge in [-0.05, 0) is 46.8 Å². The molecule has 0 bridgehead atoms. The Bertz CT molecular complexity index is 945. The Hall–Kier alpha value is -3.62. The summed E-state index contributed by atoms with van der Waals surface area (Å²) in [7, 11) is 3.05. The van der Waals surface area contributed by atoms with Crippen LogP contribution in [0.15, 0.2) is 53.3 Å². The van der Waals surface area contributed by atoms with Gasteiger partial charge in [0.25, 0.3) is 0 Å². The van der Waals surface area contributed by atoms with Crippen LogP contribution < -0.4 is 21.1 Å². The number of aryl methyl sites for hydroxylation is 1. The molecule has 2 amide bonds. The van der Waals surface area contributed by atoms with Crippen LogP contribution in [0, 0.1) is 0 Å². The van der Waals surface area contributed by atoms with Gasteiger partial charge >= 0.3 is 11.7 Å². The van der Waals surface area contributed by atoms with Crippen LogP contribution in [0.25, 0.3) is 5.69 Å². The van der Waals surface area contributed by atoms with E-state index in [1.165, 1.54) is 18.8 Å². The van der Waals surface area contributed by atoms with Gasteiger partial charge < -0.3 is 15.4 Å². The highest BCUT2D eigenvalue weighted by Gasteiger charge is 2.08. The van der Waals surface area contributed by atoms with Crippen molar-refractivity contribution in [3.63, 3.8) is 0 Å². The van der Waals surface area contributed by atoms with Crippen LogP contribution in [0.1, 0.15) is 0 Å². The second-order valence-electron chi connectivity index (χ2n) is 5.12. The summed E-state index contributed by atoms with van der Waals surface area (Å²) < 4.78 is 7.48. The van der Waals surface area contributed by atoms with Crippen molar-refractivity contribution in [2.75, 3.05) is 17.7 Å². The molecule has 1 aromatic heterocycles. The molecule has 3 rings (SSSR count). The number of nitrogens with one attached hydrogen (secondary N) is 2. The Labute approximate surface area is 142 Å². The summed E-state index contributed by atoms with van der Waals surface area (Å²) in [5.74, 6) is 0.565. The van der Waals surface area contributed by atoms with Crippen LogP contribution in [0.3, 0.4) is 0 Å². The molecular weight excluding hydrogens is 324 g/mol. The van der Waals surface area contributed by atoms with Crippen molar-refractivity contribution in [3.8, 4) is 11.4 Å². The molecule has 0 aliphatic rings. The topological polar surface area (TPSA) is 103 Å². The molecule has 0 saturated carbocycles. The Balaban J connectivity index is 1.70. The van der Waals surface area contributed by atoms with Gasteiger partial charge in [0.05, 0.1) is 18.5 Å². The lowest BCUT2D eigenvalue weighted by Gasteiger charge is -2.11. The van der Waals surface area contributed by atoms with E-state index in [-0.39, 0.29) is 5.69 Å². The van der Waals surface area contributed by atoms with Crippen LogP contribution >= 0.6 is 0 Å². The number of tetrazole rings is 1. The maximum atomic E-state index is 12.1. The molecule has 0 radical (unpaired) electrons. The number of amides is 2. The zero-order valence-electron chi connectivity index (χ0n) is 13.6. The van der Waals surface area contributed by atoms with Crippen LogP contribution in [0.4, 0.5) is 16.2 Å². The van der Waals surface area contributed by atoms with Crippen molar-refractivity contribution in [2.45, 2.75) is 0 Å². The summed E-state index contributed by atoms with van der Waals surface area (Å²) in [4.78, 5) is 23.9. The summed E-state index contributed by atoms with van der Waals surface area (Å²) in [5.41, 5.74) is 1.32. The highest BCUT2D eigenvalue weighted by atomic mass is 16.5. The van der Waals surface area contributed by atoms with E-state index >= 15 is 0 Å². The third-order valence-electron chi connectivity index (χ3n) is 3.45. The van der Waals surface area contributed by atoms with Crippen LogP contribution in [-0.2, 0) is 7.05 Å². The average molecular weight is 340 g/mol. The Morgan fingerprint density at radius 3 is 2.40 bits per heavy atom. The molecule has 2 aromatic carbocycles. The van der Waals surface area contributed by atoms with E-state index in [1.807, 2.05) is 6.07 Å². The summed E-state index contributed by atoms with van der Waals surface area (Å²) in [6.07, 6.45) is 0. The molecule has 0 spiro atoms. The number of rotatable bonds is 4. The summed E-state index contributed by atoms with van der Waals surface area (Å²) in [5, 5.41) is 12.8. The van der Waals surface area contributed by atoms with Crippen LogP contribution in [-0.4, -0.2) is 32.9 Å². The van der Waals surface area contributed by atoms with Crippen molar-refractivity contribution >= 4 is 17.4 Å². The maximum absolute atomic E-state index is 12.1. The van der Waals surface area contributed by atoms with Gasteiger partial charge in [0.2, 0.25) is 0 Å². The Morgan fingerprint density at radius 1 is 1.04 bits per heavy atom. The Morgan fingerprint density at radius 2 is 1.76 bits per heavy atom. The fraction of sp³-hybridized carbons (Fsp3) is 0.125. The number of carbonyl (C=O) groups excluding carboxylic acids is 1. The minimum absolute atomic E-state index is 0.352. The number of aromatic nitrogens is 4. The molecule has 0 fully saturated rings. The number of urea groups is 1. The number of benzene rings is 2. The fourth-order valence-corrected chi connectivity index (χ4v) is 2.19. The zero-order chi connectivity index (χ0) is 17.8. The second-order valence-corrected chi connectivity index (χ2v) is 5.12. The van der Waals surface area contributed by atoms with Gasteiger partial charge in [-0.1, -0.05) is 12.1 Å². The van der Waals surface area contributed by atoms with E-state index in [2.05, 4.69) is 21.1 Å². The van der Waals surface area contributed by atoms with E-state index in [9.17, 15) is 9.59 Å². The number of hydrogen-bond acceptors (Lipinski definition) is 5. The summed E-state index contributed by atoms with van der Waals surface area (Å²) in [6, 6.07) is 13.3. The molecule has 2 N–H and O–H groups in total. The van der Waals surface area contributed by atoms with Gasteiger partial charge in [-0.3, -0.25) is 0 Å². The van der Waals surface area contributed by atoms with Gasteiger partial charge in [0.1, 0.15) is 5.75 Å². The van der Waals surface area contributed by atoms with E-state index < -0.39 is 6.03 Å². The molecule has 9 heteroatoms. The minimum atomic E-state index is -0.408. The third-order valence-corrected chi connectivity index (χ3v) is 3.45. The van der Waals surface area contributed by atoms with Gasteiger partial charge in [-0.15, -0.1) is 0 Å². The van der Waals surface area contributed by atoms with E-state index in [0.717, 1.165) is 4.68 Å². The smallest absolute Gasteiger partial charge is 0.368 e. The number of para-hydroxylation sites is 2. The Kier molecular flexibility index (Phi) is 4.46. The highest BCUT2D eigenvalue weighted by Crippen LogP contribution is 2.23. The molecule has 0 aliphatic carbocycles. The maximum Gasteiger partial charge on any atom is 0.368 e. The van der Waals surface area contributed by atoms with E-state index in [0.29, 0.717) is 22.8 Å². The third kappa shape index (κ3) is 3.50. The molecule has 0 unspecified atom stereocenters. The first-order valence-corrected chi connectivity index (χ1v) is 7.39. The first-order valence-electron chi connectivity index (χ1n) is 7.39. The monoisotopic (exact) mass is 340 g/mol. The van der Waals surface area contributed by atoms with Crippen molar-refractivity contribution < 1.29 is 9.53 Å². The van der Waals surface area contributed by atoms with Crippen molar-refractivity contribution in [1.29, 1.82) is 0 Å². The largest absolute Gasteiger partial charge is 0.495 e. The van der Waals surface area contributed by atoms with E-state index in [4.69, 9.17) is 4.74 Å². The van der Waals surface area contributed by atoms with E-state index in [1.54, 1.807) is 42.5 Å². The van der Waals surface area contributed by atoms with Gasteiger partial charge in [-0.2, -0.15) is 9.36 Å². The van der Waals surface area contributed by atoms with Crippen molar-refractivity contribution in [2.24, 2.45) is 7.05 Å². The lowest BCUT2D eigenvalue weighted by Crippen LogP contribution is -2.22. The molecule has 9 nitrogen and oxygen atoms in total. The first-order chi connectivity index (χ1) is 12.1. The number of nitrogens with zero attached hydrogens (tertiary/aromatic N) is 4. The lowest BCUT2D eigenvalue weighted by molar-refractivity contribution is 0.262.